The number of hydrogen-bond acceptors (Lipinski definition) is 3. The number of nitrogens with zero attached hydrogens (tertiary/aromatic N) is 3. The van der Waals surface area contributed by atoms with E-state index in [0.29, 0.717) is 17.1 Å². The Kier molecular flexibility index (Phi) is 2.70. The second-order valence-electron chi connectivity index (χ2n) is 4.32. The molecule has 0 bridgehead atoms. The molecule has 1 aliphatic heterocycles. The van der Waals surface area contributed by atoms with Crippen molar-refractivity contribution in [3.05, 3.63) is 28.7 Å². The summed E-state index contributed by atoms with van der Waals surface area (Å²) in [4.78, 5) is 4.32. The molecule has 0 atom stereocenters. The summed E-state index contributed by atoms with van der Waals surface area (Å²) in [5.41, 5.74) is 1.68. The molecule has 2 aromatic rings. The summed E-state index contributed by atoms with van der Waals surface area (Å²) in [6, 6.07) is 2.90. The van der Waals surface area contributed by atoms with Crippen LogP contribution in [0.4, 0.5) is 4.39 Å². The van der Waals surface area contributed by atoms with Gasteiger partial charge in [-0.2, -0.15) is 5.10 Å². The largest absolute Gasteiger partial charge is 0.370 e. The normalized spacial score (nSPS) is 14.9. The molecule has 0 aliphatic carbocycles. The number of aliphatic imine (C=N–C) groups is 1. The van der Waals surface area contributed by atoms with Crippen LogP contribution in [0.2, 0.25) is 5.15 Å². The number of amidine groups is 1. The minimum absolute atomic E-state index is 0.294. The molecular weight excluding hydrogens is 255 g/mol. The predicted octanol–water partition coefficient (Wildman–Crippen LogP) is 2.14. The van der Waals surface area contributed by atoms with E-state index < -0.39 is 0 Å². The lowest BCUT2D eigenvalue weighted by Gasteiger charge is -2.06. The van der Waals surface area contributed by atoms with E-state index in [0.717, 1.165) is 30.0 Å². The van der Waals surface area contributed by atoms with E-state index in [4.69, 9.17) is 11.6 Å². The lowest BCUT2D eigenvalue weighted by Crippen LogP contribution is -2.24. The zero-order chi connectivity index (χ0) is 12.7. The van der Waals surface area contributed by atoms with Gasteiger partial charge in [0.05, 0.1) is 18.6 Å². The van der Waals surface area contributed by atoms with Crippen molar-refractivity contribution in [1.82, 2.24) is 15.1 Å². The Morgan fingerprint density at radius 3 is 3.06 bits per heavy atom. The van der Waals surface area contributed by atoms with Crippen LogP contribution in [0.3, 0.4) is 0 Å². The monoisotopic (exact) mass is 266 g/mol. The Morgan fingerprint density at radius 2 is 2.33 bits per heavy atom. The number of fused-ring (bicyclic) bond motifs is 1. The number of aryl methyl sites for hydroxylation is 1. The molecule has 3 rings (SSSR count). The zero-order valence-electron chi connectivity index (χ0n) is 9.87. The third-order valence-corrected chi connectivity index (χ3v) is 3.28. The van der Waals surface area contributed by atoms with Crippen LogP contribution >= 0.6 is 11.6 Å². The number of hydrogen-bond donors (Lipinski definition) is 1. The second kappa shape index (κ2) is 4.24. The molecule has 0 radical (unpaired) electrons. The first-order chi connectivity index (χ1) is 8.65. The highest BCUT2D eigenvalue weighted by molar-refractivity contribution is 6.34. The standard InChI is InChI=1S/C12H12ClFN4/c1-7-4-8(14)5-9-11(7)18(17-12(9)13)6-10-15-2-3-16-10/h4-5H,2-3,6H2,1H3,(H,15,16). The molecule has 0 amide bonds. The first-order valence-electron chi connectivity index (χ1n) is 5.74. The van der Waals surface area contributed by atoms with Gasteiger partial charge in [-0.1, -0.05) is 11.6 Å². The van der Waals surface area contributed by atoms with Gasteiger partial charge in [0.25, 0.3) is 0 Å². The van der Waals surface area contributed by atoms with Crippen LogP contribution in [0.1, 0.15) is 5.56 Å². The number of aromatic nitrogens is 2. The van der Waals surface area contributed by atoms with Gasteiger partial charge in [0, 0.05) is 11.9 Å². The van der Waals surface area contributed by atoms with Crippen LogP contribution in [0.15, 0.2) is 17.1 Å². The topological polar surface area (TPSA) is 42.2 Å². The Bertz CT molecular complexity index is 647. The fraction of sp³-hybridized carbons (Fsp3) is 0.333. The van der Waals surface area contributed by atoms with Crippen LogP contribution in [0.25, 0.3) is 10.9 Å². The van der Waals surface area contributed by atoms with Gasteiger partial charge in [-0.25, -0.2) is 4.39 Å². The molecule has 0 saturated heterocycles. The fourth-order valence-corrected chi connectivity index (χ4v) is 2.49. The molecule has 0 fully saturated rings. The van der Waals surface area contributed by atoms with Crippen LogP contribution in [0.5, 0.6) is 0 Å². The molecule has 6 heteroatoms. The SMILES string of the molecule is Cc1cc(F)cc2c(Cl)nn(CC3=NCCN3)c12. The van der Waals surface area contributed by atoms with Crippen molar-refractivity contribution in [3.8, 4) is 0 Å². The van der Waals surface area contributed by atoms with Crippen molar-refractivity contribution in [2.75, 3.05) is 13.1 Å². The number of nitrogens with one attached hydrogen (secondary N) is 1. The summed E-state index contributed by atoms with van der Waals surface area (Å²) < 4.78 is 15.1. The molecule has 1 aromatic carbocycles. The van der Waals surface area contributed by atoms with Crippen LogP contribution in [-0.2, 0) is 6.54 Å². The van der Waals surface area contributed by atoms with Crippen LogP contribution in [-0.4, -0.2) is 28.7 Å². The van der Waals surface area contributed by atoms with Crippen molar-refractivity contribution in [2.24, 2.45) is 4.99 Å². The zero-order valence-corrected chi connectivity index (χ0v) is 10.6. The Labute approximate surface area is 108 Å². The summed E-state index contributed by atoms with van der Waals surface area (Å²) >= 11 is 6.05. The van der Waals surface area contributed by atoms with E-state index in [1.54, 1.807) is 4.68 Å². The lowest BCUT2D eigenvalue weighted by molar-refractivity contribution is 0.628. The molecule has 0 spiro atoms. The summed E-state index contributed by atoms with van der Waals surface area (Å²) in [5, 5.41) is 8.40. The third kappa shape index (κ3) is 1.84. The molecule has 0 saturated carbocycles. The van der Waals surface area contributed by atoms with Crippen molar-refractivity contribution < 1.29 is 4.39 Å². The Balaban J connectivity index is 2.12. The fourth-order valence-electron chi connectivity index (χ4n) is 2.25. The average molecular weight is 267 g/mol. The first kappa shape index (κ1) is 11.5. The number of rotatable bonds is 2. The van der Waals surface area contributed by atoms with Gasteiger partial charge < -0.3 is 5.32 Å². The van der Waals surface area contributed by atoms with E-state index in [1.807, 2.05) is 6.92 Å². The smallest absolute Gasteiger partial charge is 0.159 e. The van der Waals surface area contributed by atoms with Crippen LogP contribution < -0.4 is 5.32 Å². The number of halogens is 2. The molecule has 1 N–H and O–H groups in total. The van der Waals surface area contributed by atoms with Crippen LogP contribution in [0, 0.1) is 12.7 Å². The minimum Gasteiger partial charge on any atom is -0.370 e. The summed E-state index contributed by atoms with van der Waals surface area (Å²) in [6.07, 6.45) is 0. The van der Waals surface area contributed by atoms with Crippen molar-refractivity contribution >= 4 is 28.3 Å². The highest BCUT2D eigenvalue weighted by Gasteiger charge is 2.15. The van der Waals surface area contributed by atoms with Gasteiger partial charge in [-0.05, 0) is 24.6 Å². The molecule has 0 unspecified atom stereocenters. The highest BCUT2D eigenvalue weighted by Crippen LogP contribution is 2.26. The second-order valence-corrected chi connectivity index (χ2v) is 4.68. The number of benzene rings is 1. The molecule has 4 nitrogen and oxygen atoms in total. The van der Waals surface area contributed by atoms with Gasteiger partial charge in [0.1, 0.15) is 11.7 Å². The van der Waals surface area contributed by atoms with Gasteiger partial charge in [-0.15, -0.1) is 0 Å². The Morgan fingerprint density at radius 1 is 1.50 bits per heavy atom. The van der Waals surface area contributed by atoms with Gasteiger partial charge >= 0.3 is 0 Å². The summed E-state index contributed by atoms with van der Waals surface area (Å²) in [7, 11) is 0. The lowest BCUT2D eigenvalue weighted by atomic mass is 10.1. The molecule has 1 aliphatic rings. The molecular formula is C12H12ClFN4. The summed E-state index contributed by atoms with van der Waals surface area (Å²) in [5.74, 6) is 0.595. The van der Waals surface area contributed by atoms with Crippen molar-refractivity contribution in [2.45, 2.75) is 13.5 Å². The van der Waals surface area contributed by atoms with Gasteiger partial charge in [0.15, 0.2) is 5.15 Å². The maximum atomic E-state index is 13.4. The quantitative estimate of drug-likeness (QED) is 0.905. The van der Waals surface area contributed by atoms with E-state index in [-0.39, 0.29) is 5.82 Å². The van der Waals surface area contributed by atoms with Crippen molar-refractivity contribution in [3.63, 3.8) is 0 Å². The summed E-state index contributed by atoms with van der Waals surface area (Å²) in [6.45, 7) is 4.03. The molecule has 1 aromatic heterocycles. The van der Waals surface area contributed by atoms with E-state index in [1.165, 1.54) is 12.1 Å². The van der Waals surface area contributed by atoms with E-state index in [2.05, 4.69) is 15.4 Å². The average Bonchev–Trinajstić information content (AvgIpc) is 2.89. The molecule has 2 heterocycles. The molecule has 94 valence electrons. The van der Waals surface area contributed by atoms with Gasteiger partial charge in [0.2, 0.25) is 0 Å². The minimum atomic E-state index is -0.294. The Hall–Kier alpha value is -1.62. The van der Waals surface area contributed by atoms with E-state index >= 15 is 0 Å². The predicted molar refractivity (Wildman–Crippen MR) is 69.7 cm³/mol. The first-order valence-corrected chi connectivity index (χ1v) is 6.12. The maximum absolute atomic E-state index is 13.4. The van der Waals surface area contributed by atoms with Gasteiger partial charge in [-0.3, -0.25) is 9.67 Å². The van der Waals surface area contributed by atoms with E-state index in [9.17, 15) is 4.39 Å². The molecule has 18 heavy (non-hydrogen) atoms. The van der Waals surface area contributed by atoms with Crippen molar-refractivity contribution in [1.29, 1.82) is 0 Å². The third-order valence-electron chi connectivity index (χ3n) is 3.00. The highest BCUT2D eigenvalue weighted by atomic mass is 35.5. The maximum Gasteiger partial charge on any atom is 0.159 e.